The highest BCUT2D eigenvalue weighted by Crippen LogP contribution is 2.22. The van der Waals surface area contributed by atoms with Crippen LogP contribution in [-0.2, 0) is 14.3 Å². The van der Waals surface area contributed by atoms with Gasteiger partial charge in [-0.3, -0.25) is 4.79 Å². The lowest BCUT2D eigenvalue weighted by atomic mass is 9.99. The summed E-state index contributed by atoms with van der Waals surface area (Å²) in [6.45, 7) is 3.57. The van der Waals surface area contributed by atoms with Gasteiger partial charge in [0.15, 0.2) is 6.29 Å². The van der Waals surface area contributed by atoms with Crippen LogP contribution in [0.4, 0.5) is 0 Å². The van der Waals surface area contributed by atoms with Gasteiger partial charge in [-0.05, 0) is 57.8 Å². The van der Waals surface area contributed by atoms with Gasteiger partial charge in [0.25, 0.3) is 0 Å². The van der Waals surface area contributed by atoms with Crippen molar-refractivity contribution < 1.29 is 39.8 Å². The molecule has 0 radical (unpaired) electrons. The highest BCUT2D eigenvalue weighted by Gasteiger charge is 2.44. The van der Waals surface area contributed by atoms with Gasteiger partial charge >= 0.3 is 0 Å². The Bertz CT molecular complexity index is 1190. The van der Waals surface area contributed by atoms with Crippen LogP contribution in [0.15, 0.2) is 85.1 Å². The second kappa shape index (κ2) is 39.5. The molecule has 0 aliphatic carbocycles. The molecule has 9 heteroatoms. The Balaban J connectivity index is 2.43. The second-order valence-corrected chi connectivity index (χ2v) is 15.8. The topological polar surface area (TPSA) is 149 Å². The number of carbonyl (C=O) groups is 1. The van der Waals surface area contributed by atoms with E-state index in [1.54, 1.807) is 12.2 Å². The molecule has 1 amide bonds. The Morgan fingerprint density at radius 1 is 0.593 bits per heavy atom. The van der Waals surface area contributed by atoms with E-state index in [4.69, 9.17) is 9.47 Å². The van der Waals surface area contributed by atoms with E-state index in [1.807, 2.05) is 18.2 Å². The molecule has 0 aromatic carbocycles. The molecule has 338 valence electrons. The summed E-state index contributed by atoms with van der Waals surface area (Å²) in [5, 5.41) is 54.1. The van der Waals surface area contributed by atoms with Gasteiger partial charge in [0.05, 0.1) is 25.4 Å². The Kier molecular flexibility index (Phi) is 36.4. The van der Waals surface area contributed by atoms with E-state index in [0.29, 0.717) is 6.42 Å². The monoisotopic (exact) mass is 828 g/mol. The van der Waals surface area contributed by atoms with E-state index in [1.165, 1.54) is 96.3 Å². The number of aliphatic hydroxyl groups excluding tert-OH is 5. The molecule has 1 saturated heterocycles. The minimum absolute atomic E-state index is 0.102. The van der Waals surface area contributed by atoms with E-state index in [-0.39, 0.29) is 18.9 Å². The van der Waals surface area contributed by atoms with Crippen molar-refractivity contribution in [2.24, 2.45) is 0 Å². The van der Waals surface area contributed by atoms with Crippen LogP contribution in [0.25, 0.3) is 0 Å². The number of nitrogens with one attached hydrogen (secondary N) is 1. The van der Waals surface area contributed by atoms with Crippen molar-refractivity contribution in [3.8, 4) is 0 Å². The summed E-state index contributed by atoms with van der Waals surface area (Å²) >= 11 is 0. The number of rotatable bonds is 37. The minimum Gasteiger partial charge on any atom is -0.394 e. The zero-order chi connectivity index (χ0) is 43.0. The number of aliphatic hydroxyl groups is 5. The Hall–Kier alpha value is -2.63. The van der Waals surface area contributed by atoms with Gasteiger partial charge in [0, 0.05) is 6.42 Å². The molecule has 0 aromatic rings. The molecule has 6 N–H and O–H groups in total. The molecular weight excluding hydrogens is 743 g/mol. The maximum Gasteiger partial charge on any atom is 0.224 e. The molecule has 7 unspecified atom stereocenters. The molecular formula is C50H85NO8. The highest BCUT2D eigenvalue weighted by molar-refractivity contribution is 5.77. The maximum absolute atomic E-state index is 12.9. The summed E-state index contributed by atoms with van der Waals surface area (Å²) in [6, 6.07) is -0.880. The summed E-state index contributed by atoms with van der Waals surface area (Å²) in [5.74, 6) is -0.317. The molecule has 1 fully saturated rings. The average molecular weight is 828 g/mol. The van der Waals surface area contributed by atoms with Crippen LogP contribution in [-0.4, -0.2) is 87.5 Å². The van der Waals surface area contributed by atoms with Crippen molar-refractivity contribution in [3.05, 3.63) is 85.1 Å². The van der Waals surface area contributed by atoms with Gasteiger partial charge in [0.2, 0.25) is 5.91 Å². The lowest BCUT2D eigenvalue weighted by molar-refractivity contribution is -0.302. The van der Waals surface area contributed by atoms with Crippen LogP contribution in [0, 0.1) is 0 Å². The maximum atomic E-state index is 12.9. The highest BCUT2D eigenvalue weighted by atomic mass is 16.7. The average Bonchev–Trinajstić information content (AvgIpc) is 3.23. The first kappa shape index (κ1) is 54.4. The third-order valence-electron chi connectivity index (χ3n) is 10.5. The van der Waals surface area contributed by atoms with Crippen LogP contribution in [0.1, 0.15) is 168 Å². The van der Waals surface area contributed by atoms with Crippen LogP contribution < -0.4 is 5.32 Å². The molecule has 1 heterocycles. The second-order valence-electron chi connectivity index (χ2n) is 15.8. The van der Waals surface area contributed by atoms with E-state index < -0.39 is 49.5 Å². The number of hydrogen-bond donors (Lipinski definition) is 6. The van der Waals surface area contributed by atoms with E-state index in [0.717, 1.165) is 44.9 Å². The number of ether oxygens (including phenoxy) is 2. The van der Waals surface area contributed by atoms with Gasteiger partial charge in [-0.25, -0.2) is 0 Å². The molecule has 9 nitrogen and oxygen atoms in total. The first-order chi connectivity index (χ1) is 28.8. The standard InChI is InChI=1S/C50H85NO8/c1-3-5-7-9-11-13-15-17-19-20-21-22-23-24-26-27-29-31-33-35-37-39-44(53)43(42-58-50-49(57)48(56)47(55)45(41-52)59-50)51-46(54)40-38-36-34-32-30-28-25-18-16-14-12-10-8-6-4-2/h6,8,12,14,18,25,29-32,36-39,43-45,47-50,52-53,55-57H,3-5,7,9-11,13,15-17,19-24,26-28,33-35,40-42H2,1-2H3,(H,51,54)/b8-6-,14-12-,25-18-,31-29+,32-30-,38-36-,39-37+. The molecule has 0 saturated carbocycles. The normalized spacial score (nSPS) is 21.5. The predicted octanol–water partition coefficient (Wildman–Crippen LogP) is 9.94. The molecule has 7 atom stereocenters. The van der Waals surface area contributed by atoms with Crippen LogP contribution >= 0.6 is 0 Å². The first-order valence-corrected chi connectivity index (χ1v) is 23.3. The quantitative estimate of drug-likeness (QED) is 0.0268. The predicted molar refractivity (Wildman–Crippen MR) is 244 cm³/mol. The first-order valence-electron chi connectivity index (χ1n) is 23.3. The van der Waals surface area contributed by atoms with Gasteiger partial charge in [-0.15, -0.1) is 0 Å². The van der Waals surface area contributed by atoms with Crippen molar-refractivity contribution in [3.63, 3.8) is 0 Å². The van der Waals surface area contributed by atoms with Crippen molar-refractivity contribution in [1.29, 1.82) is 0 Å². The third-order valence-corrected chi connectivity index (χ3v) is 10.5. The lowest BCUT2D eigenvalue weighted by Gasteiger charge is -2.40. The fourth-order valence-electron chi connectivity index (χ4n) is 6.77. The largest absolute Gasteiger partial charge is 0.394 e. The number of unbranched alkanes of at least 4 members (excludes halogenated alkanes) is 16. The summed E-state index contributed by atoms with van der Waals surface area (Å²) in [4.78, 5) is 12.9. The number of carbonyl (C=O) groups excluding carboxylic acids is 1. The van der Waals surface area contributed by atoms with Gasteiger partial charge in [-0.2, -0.15) is 0 Å². The zero-order valence-corrected chi connectivity index (χ0v) is 37.0. The Morgan fingerprint density at radius 2 is 1.07 bits per heavy atom. The van der Waals surface area contributed by atoms with Crippen LogP contribution in [0.5, 0.6) is 0 Å². The smallest absolute Gasteiger partial charge is 0.224 e. The number of allylic oxidation sites excluding steroid dienone is 12. The number of hydrogen-bond acceptors (Lipinski definition) is 8. The minimum atomic E-state index is -1.59. The van der Waals surface area contributed by atoms with Crippen LogP contribution in [0.3, 0.4) is 0 Å². The van der Waals surface area contributed by atoms with Gasteiger partial charge in [-0.1, -0.05) is 189 Å². The van der Waals surface area contributed by atoms with Crippen molar-refractivity contribution in [1.82, 2.24) is 5.32 Å². The molecule has 1 aliphatic heterocycles. The third kappa shape index (κ3) is 30.1. The van der Waals surface area contributed by atoms with E-state index in [2.05, 4.69) is 73.8 Å². The zero-order valence-electron chi connectivity index (χ0n) is 37.0. The van der Waals surface area contributed by atoms with Crippen molar-refractivity contribution in [2.45, 2.75) is 211 Å². The Morgan fingerprint density at radius 3 is 1.59 bits per heavy atom. The molecule has 1 rings (SSSR count). The fourth-order valence-corrected chi connectivity index (χ4v) is 6.77. The summed E-state index contributed by atoms with van der Waals surface area (Å²) in [7, 11) is 0. The van der Waals surface area contributed by atoms with E-state index >= 15 is 0 Å². The van der Waals surface area contributed by atoms with Crippen LogP contribution in [0.2, 0.25) is 0 Å². The van der Waals surface area contributed by atoms with Crippen molar-refractivity contribution in [2.75, 3.05) is 13.2 Å². The summed E-state index contributed by atoms with van der Waals surface area (Å²) < 4.78 is 11.2. The van der Waals surface area contributed by atoms with Gasteiger partial charge in [0.1, 0.15) is 24.4 Å². The van der Waals surface area contributed by atoms with E-state index in [9.17, 15) is 30.3 Å². The molecule has 0 spiro atoms. The summed E-state index contributed by atoms with van der Waals surface area (Å²) in [5.41, 5.74) is 0. The number of amides is 1. The van der Waals surface area contributed by atoms with Gasteiger partial charge < -0.3 is 40.3 Å². The fraction of sp³-hybridized carbons (Fsp3) is 0.700. The lowest BCUT2D eigenvalue weighted by Crippen LogP contribution is -2.60. The molecule has 1 aliphatic rings. The Labute approximate surface area is 359 Å². The SMILES string of the molecule is CC/C=C\C/C=C\C/C=C\C/C=C\C/C=C\CC(=O)NC(COC1OC(CO)C(O)C(O)C1O)C(O)/C=C/CC/C=C/CCCCCCCCCCCCCCCCC. The van der Waals surface area contributed by atoms with Crippen molar-refractivity contribution >= 4 is 5.91 Å². The summed E-state index contributed by atoms with van der Waals surface area (Å²) in [6.07, 6.45) is 48.0. The molecule has 0 bridgehead atoms. The molecule has 0 aromatic heterocycles. The molecule has 59 heavy (non-hydrogen) atoms.